The first-order chi connectivity index (χ1) is 11.8. The van der Waals surface area contributed by atoms with E-state index in [4.69, 9.17) is 21.1 Å². The van der Waals surface area contributed by atoms with Gasteiger partial charge in [-0.25, -0.2) is 4.39 Å². The van der Waals surface area contributed by atoms with E-state index in [1.54, 1.807) is 19.2 Å². The van der Waals surface area contributed by atoms with Crippen LogP contribution in [0.5, 0.6) is 5.75 Å². The Kier molecular flexibility index (Phi) is 6.47. The van der Waals surface area contributed by atoms with Crippen molar-refractivity contribution in [3.05, 3.63) is 53.3 Å². The number of hydrogen-bond donors (Lipinski definition) is 0. The molecule has 2 aromatic carbocycles. The summed E-state index contributed by atoms with van der Waals surface area (Å²) in [7, 11) is 1.58. The summed E-state index contributed by atoms with van der Waals surface area (Å²) in [5, 5.41) is 0. The largest absolute Gasteiger partial charge is 0.497 e. The molecule has 4 heteroatoms. The molecule has 0 aromatic heterocycles. The fourth-order valence-corrected chi connectivity index (χ4v) is 3.13. The maximum atomic E-state index is 14.6. The molecule has 0 bridgehead atoms. The van der Waals surface area contributed by atoms with Gasteiger partial charge in [-0.3, -0.25) is 0 Å². The van der Waals surface area contributed by atoms with E-state index >= 15 is 0 Å². The van der Waals surface area contributed by atoms with Gasteiger partial charge < -0.3 is 9.47 Å². The molecule has 0 saturated heterocycles. The molecule has 0 saturated carbocycles. The number of ether oxygens (including phenoxy) is 2. The Bertz CT molecular complexity index is 722. The molecule has 2 rings (SSSR count). The van der Waals surface area contributed by atoms with Crippen LogP contribution in [0.2, 0.25) is 0 Å². The van der Waals surface area contributed by atoms with E-state index in [1.165, 1.54) is 6.07 Å². The first-order valence-electron chi connectivity index (χ1n) is 8.46. The summed E-state index contributed by atoms with van der Waals surface area (Å²) < 4.78 is 25.9. The lowest BCUT2D eigenvalue weighted by Gasteiger charge is -2.32. The average Bonchev–Trinajstić information content (AvgIpc) is 2.58. The van der Waals surface area contributed by atoms with Crippen molar-refractivity contribution in [2.24, 2.45) is 5.41 Å². The molecule has 0 N–H and O–H groups in total. The predicted molar refractivity (Wildman–Crippen MR) is 102 cm³/mol. The number of rotatable bonds is 6. The molecule has 25 heavy (non-hydrogen) atoms. The van der Waals surface area contributed by atoms with Crippen LogP contribution in [-0.2, 0) is 10.6 Å². The van der Waals surface area contributed by atoms with Crippen LogP contribution in [0.3, 0.4) is 0 Å². The number of halogens is 2. The number of benzene rings is 2. The fourth-order valence-electron chi connectivity index (χ4n) is 2.97. The van der Waals surface area contributed by atoms with Gasteiger partial charge in [-0.2, -0.15) is 0 Å². The second-order valence-corrected chi connectivity index (χ2v) is 7.37. The lowest BCUT2D eigenvalue weighted by molar-refractivity contribution is -0.0129. The highest BCUT2D eigenvalue weighted by atomic mass is 35.5. The Morgan fingerprint density at radius 3 is 2.36 bits per heavy atom. The van der Waals surface area contributed by atoms with Crippen molar-refractivity contribution in [2.45, 2.75) is 39.7 Å². The van der Waals surface area contributed by atoms with Crippen molar-refractivity contribution in [3.8, 4) is 16.9 Å². The molecule has 1 atom stereocenters. The molecule has 0 heterocycles. The number of methoxy groups -OCH3 is 1. The number of hydrogen-bond acceptors (Lipinski definition) is 2. The van der Waals surface area contributed by atoms with Gasteiger partial charge >= 0.3 is 0 Å². The van der Waals surface area contributed by atoms with E-state index in [1.807, 2.05) is 25.1 Å². The second-order valence-electron chi connectivity index (χ2n) is 7.10. The van der Waals surface area contributed by atoms with Gasteiger partial charge in [0.1, 0.15) is 11.6 Å². The van der Waals surface area contributed by atoms with Crippen molar-refractivity contribution < 1.29 is 13.9 Å². The maximum Gasteiger partial charge on any atom is 0.131 e. The van der Waals surface area contributed by atoms with Crippen molar-refractivity contribution in [2.75, 3.05) is 13.7 Å². The minimum absolute atomic E-state index is 0.148. The van der Waals surface area contributed by atoms with E-state index < -0.39 is 0 Å². The lowest BCUT2D eigenvalue weighted by Crippen LogP contribution is -2.22. The van der Waals surface area contributed by atoms with Crippen molar-refractivity contribution in [1.29, 1.82) is 0 Å². The van der Waals surface area contributed by atoms with Gasteiger partial charge in [0.05, 0.1) is 13.2 Å². The molecule has 0 amide bonds. The molecule has 0 aliphatic carbocycles. The van der Waals surface area contributed by atoms with Gasteiger partial charge in [0.15, 0.2) is 0 Å². The Hall–Kier alpha value is -1.58. The maximum absolute atomic E-state index is 14.6. The molecule has 0 aliphatic heterocycles. The zero-order valence-electron chi connectivity index (χ0n) is 15.5. The van der Waals surface area contributed by atoms with E-state index in [2.05, 4.69) is 20.8 Å². The third-order valence-electron chi connectivity index (χ3n) is 4.14. The molecular formula is C21H26ClFO2. The number of alkyl halides is 1. The van der Waals surface area contributed by atoms with E-state index in [0.29, 0.717) is 23.8 Å². The summed E-state index contributed by atoms with van der Waals surface area (Å²) in [5.74, 6) is 0.731. The van der Waals surface area contributed by atoms with Gasteiger partial charge in [0.25, 0.3) is 0 Å². The van der Waals surface area contributed by atoms with E-state index in [9.17, 15) is 4.39 Å². The summed E-state index contributed by atoms with van der Waals surface area (Å²) >= 11 is 6.04. The molecule has 0 radical (unpaired) electrons. The lowest BCUT2D eigenvalue weighted by atomic mass is 9.81. The smallest absolute Gasteiger partial charge is 0.131 e. The van der Waals surface area contributed by atoms with Crippen LogP contribution in [0.15, 0.2) is 36.4 Å². The first kappa shape index (κ1) is 19.7. The summed E-state index contributed by atoms with van der Waals surface area (Å²) in [6, 6.07) is 10.6. The van der Waals surface area contributed by atoms with Gasteiger partial charge in [-0.05, 0) is 47.2 Å². The van der Waals surface area contributed by atoms with Crippen LogP contribution >= 0.6 is 11.6 Å². The van der Waals surface area contributed by atoms with Crippen molar-refractivity contribution in [1.82, 2.24) is 0 Å². The van der Waals surface area contributed by atoms with Crippen molar-refractivity contribution >= 4 is 11.6 Å². The molecule has 0 spiro atoms. The zero-order valence-corrected chi connectivity index (χ0v) is 16.3. The molecule has 0 aliphatic rings. The Morgan fingerprint density at radius 1 is 1.08 bits per heavy atom. The standard InChI is InChI=1S/C21H26ClFO2/c1-6-25-20(21(2,3)4)18-11-14(13-22)7-9-16(18)17-12-15(24-5)8-10-19(17)23/h7-12,20H,6,13H2,1-5H3/t20-/m1/s1. The highest BCUT2D eigenvalue weighted by Crippen LogP contribution is 2.42. The molecule has 0 fully saturated rings. The van der Waals surface area contributed by atoms with E-state index in [-0.39, 0.29) is 17.3 Å². The minimum Gasteiger partial charge on any atom is -0.497 e. The normalized spacial score (nSPS) is 12.9. The van der Waals surface area contributed by atoms with Crippen LogP contribution in [0.4, 0.5) is 4.39 Å². The topological polar surface area (TPSA) is 18.5 Å². The Morgan fingerprint density at radius 2 is 1.80 bits per heavy atom. The molecule has 2 aromatic rings. The monoisotopic (exact) mass is 364 g/mol. The first-order valence-corrected chi connectivity index (χ1v) is 8.99. The van der Waals surface area contributed by atoms with Gasteiger partial charge in [-0.1, -0.05) is 39.0 Å². The second kappa shape index (κ2) is 8.20. The van der Waals surface area contributed by atoms with E-state index in [0.717, 1.165) is 16.7 Å². The molecule has 0 unspecified atom stereocenters. The summed E-state index contributed by atoms with van der Waals surface area (Å²) in [4.78, 5) is 0. The Labute approximate surface area is 154 Å². The van der Waals surface area contributed by atoms with Crippen LogP contribution in [0.25, 0.3) is 11.1 Å². The van der Waals surface area contributed by atoms with Crippen molar-refractivity contribution in [3.63, 3.8) is 0 Å². The van der Waals surface area contributed by atoms with Gasteiger partial charge in [0.2, 0.25) is 0 Å². The average molecular weight is 365 g/mol. The highest BCUT2D eigenvalue weighted by molar-refractivity contribution is 6.17. The third-order valence-corrected chi connectivity index (χ3v) is 4.44. The van der Waals surface area contributed by atoms with Crippen LogP contribution < -0.4 is 4.74 Å². The van der Waals surface area contributed by atoms with Crippen LogP contribution in [0, 0.1) is 11.2 Å². The van der Waals surface area contributed by atoms with Crippen LogP contribution in [-0.4, -0.2) is 13.7 Å². The minimum atomic E-state index is -0.287. The SMILES string of the molecule is CCO[C@H](c1cc(CCl)ccc1-c1cc(OC)ccc1F)C(C)(C)C. The molecular weight excluding hydrogens is 339 g/mol. The highest BCUT2D eigenvalue weighted by Gasteiger charge is 2.30. The molecule has 136 valence electrons. The predicted octanol–water partition coefficient (Wildman–Crippen LogP) is 6.36. The van der Waals surface area contributed by atoms with Gasteiger partial charge in [-0.15, -0.1) is 11.6 Å². The summed E-state index contributed by atoms with van der Waals surface area (Å²) in [6.45, 7) is 8.90. The third kappa shape index (κ3) is 4.53. The fraction of sp³-hybridized carbons (Fsp3) is 0.429. The molecule has 2 nitrogen and oxygen atoms in total. The quantitative estimate of drug-likeness (QED) is 0.555. The Balaban J connectivity index is 2.70. The van der Waals surface area contributed by atoms with Crippen LogP contribution in [0.1, 0.15) is 44.9 Å². The zero-order chi connectivity index (χ0) is 18.6. The van der Waals surface area contributed by atoms with Gasteiger partial charge in [0, 0.05) is 18.1 Å². The summed E-state index contributed by atoms with van der Waals surface area (Å²) in [5.41, 5.74) is 3.09. The summed E-state index contributed by atoms with van der Waals surface area (Å²) in [6.07, 6.45) is -0.179.